The Bertz CT molecular complexity index is 3320. The van der Waals surface area contributed by atoms with E-state index in [1.54, 1.807) is 48.9 Å². The largest absolute Gasteiger partial charge is 0.453 e. The van der Waals surface area contributed by atoms with Crippen molar-refractivity contribution in [2.75, 3.05) is 18.8 Å². The lowest BCUT2D eigenvalue weighted by Gasteiger charge is -2.15. The molecule has 2 saturated heterocycles. The molecule has 0 radical (unpaired) electrons. The van der Waals surface area contributed by atoms with E-state index in [0.717, 1.165) is 92.0 Å². The number of carbonyl (C=O) groups excluding carboxylic acids is 3. The maximum atomic E-state index is 14.9. The minimum absolute atomic E-state index is 0.103. The second kappa shape index (κ2) is 20.9. The van der Waals surface area contributed by atoms with E-state index in [9.17, 15) is 23.2 Å². The van der Waals surface area contributed by atoms with Gasteiger partial charge < -0.3 is 39.9 Å². The van der Waals surface area contributed by atoms with E-state index in [-0.39, 0.29) is 35.5 Å². The van der Waals surface area contributed by atoms with Gasteiger partial charge in [-0.3, -0.25) is 24.4 Å². The van der Waals surface area contributed by atoms with Crippen molar-refractivity contribution < 1.29 is 32.6 Å². The third kappa shape index (κ3) is 11.2. The van der Waals surface area contributed by atoms with Gasteiger partial charge in [0.25, 0.3) is 0 Å². The predicted octanol–water partition coefficient (Wildman–Crippen LogP) is 10.1. The normalized spacial score (nSPS) is 15.5. The van der Waals surface area contributed by atoms with Crippen LogP contribution in [0.4, 0.5) is 14.5 Å². The first-order valence-electron chi connectivity index (χ1n) is 24.1. The van der Waals surface area contributed by atoms with Crippen LogP contribution in [0.25, 0.3) is 41.8 Å². The van der Waals surface area contributed by atoms with E-state index < -0.39 is 11.6 Å². The standard InChI is InChI=1S/C28H27FN4O3S.C22H20FN5O2S.C3H7N/c1-32-19(16-33-10-2-3-26(33)35)15-31-28(32)25-14-22-27(37-25)24(8-9-30-22)36-23-7-6-18(13-21(23)29)12-20(34)11-17-4-5-17;1-27-14(12-28-8-2-3-20(28)29)11-26-22(27)19-10-16-21(31-19)18(6-7-25-16)30-17-5-4-13(24)9-15(17)23;4-3-1-2-3/h6-9,13-15,17H,2-5,10-12,16H2,1H3;4-7,9-11H,2-3,8,12,24H2,1H3;3H,1-2,4H2. The Labute approximate surface area is 422 Å². The predicted molar refractivity (Wildman–Crippen MR) is 274 cm³/mol. The van der Waals surface area contributed by atoms with Crippen LogP contribution in [0.5, 0.6) is 23.0 Å². The number of Topliss-reactive ketones (excluding diaryl/α,β-unsaturated/α-hetero) is 1. The molecule has 8 aromatic rings. The molecule has 19 heteroatoms. The van der Waals surface area contributed by atoms with Crippen LogP contribution in [-0.2, 0) is 48.0 Å². The summed E-state index contributed by atoms with van der Waals surface area (Å²) in [7, 11) is 3.89. The number of likely N-dealkylation sites (tertiary alicyclic amines) is 2. The number of aromatic nitrogens is 6. The number of nitrogens with two attached hydrogens (primary N) is 2. The average Bonchev–Trinajstić information content (AvgIpc) is 3.85. The van der Waals surface area contributed by atoms with Crippen LogP contribution in [0.1, 0.15) is 74.7 Å². The van der Waals surface area contributed by atoms with Crippen LogP contribution in [0.15, 0.2) is 85.5 Å². The van der Waals surface area contributed by atoms with Crippen LogP contribution in [0, 0.1) is 17.6 Å². The number of amides is 2. The molecule has 2 saturated carbocycles. The van der Waals surface area contributed by atoms with Crippen LogP contribution in [-0.4, -0.2) is 75.6 Å². The summed E-state index contributed by atoms with van der Waals surface area (Å²) >= 11 is 2.96. The first-order valence-corrected chi connectivity index (χ1v) is 25.8. The van der Waals surface area contributed by atoms with Gasteiger partial charge in [0.1, 0.15) is 28.9 Å². The molecule has 2 aromatic carbocycles. The second-order valence-corrected chi connectivity index (χ2v) is 20.8. The minimum Gasteiger partial charge on any atom is -0.453 e. The molecule has 15 nitrogen and oxygen atoms in total. The number of nitrogen functional groups attached to an aromatic ring is 1. The highest BCUT2D eigenvalue weighted by Gasteiger charge is 2.26. The van der Waals surface area contributed by atoms with Crippen LogP contribution in [0.2, 0.25) is 0 Å². The van der Waals surface area contributed by atoms with Gasteiger partial charge in [-0.25, -0.2) is 18.7 Å². The lowest BCUT2D eigenvalue weighted by Crippen LogP contribution is -2.25. The van der Waals surface area contributed by atoms with Crippen molar-refractivity contribution in [3.05, 3.63) is 114 Å². The van der Waals surface area contributed by atoms with Crippen molar-refractivity contribution in [3.8, 4) is 44.4 Å². The number of halogens is 2. The SMILES string of the molecule is Cn1c(CN2CCCC2=O)cnc1-c1cc2nccc(Oc3ccc(CC(=O)CC4CC4)cc3F)c2s1.Cn1c(CN2CCCC2=O)cnc1-c1cc2nccc(Oc3ccc(N)cc3F)c2s1.NC1CC1. The van der Waals surface area contributed by atoms with Gasteiger partial charge >= 0.3 is 0 Å². The number of imidazole rings is 2. The summed E-state index contributed by atoms with van der Waals surface area (Å²) in [6.07, 6.45) is 15.5. The molecule has 12 rings (SSSR count). The molecule has 0 spiro atoms. The molecule has 2 amide bonds. The number of anilines is 1. The number of hydrogen-bond donors (Lipinski definition) is 2. The minimum atomic E-state index is -0.521. The number of hydrogen-bond acceptors (Lipinski definition) is 13. The molecule has 4 N–H and O–H groups in total. The summed E-state index contributed by atoms with van der Waals surface area (Å²) in [6.45, 7) is 2.66. The smallest absolute Gasteiger partial charge is 0.222 e. The van der Waals surface area contributed by atoms with E-state index in [0.29, 0.717) is 67.1 Å². The van der Waals surface area contributed by atoms with Gasteiger partial charge in [-0.1, -0.05) is 6.07 Å². The van der Waals surface area contributed by atoms with E-state index in [1.165, 1.54) is 53.7 Å². The Morgan fingerprint density at radius 2 is 1.18 bits per heavy atom. The van der Waals surface area contributed by atoms with Crippen LogP contribution >= 0.6 is 22.7 Å². The molecular weight excluding hydrogens is 959 g/mol. The van der Waals surface area contributed by atoms with Crippen LogP contribution < -0.4 is 20.9 Å². The lowest BCUT2D eigenvalue weighted by atomic mass is 10.0. The summed E-state index contributed by atoms with van der Waals surface area (Å²) in [4.78, 5) is 59.8. The number of rotatable bonds is 14. The molecule has 72 heavy (non-hydrogen) atoms. The maximum absolute atomic E-state index is 14.9. The fourth-order valence-corrected chi connectivity index (χ4v) is 10.8. The van der Waals surface area contributed by atoms with Gasteiger partial charge in [0.05, 0.1) is 67.1 Å². The zero-order valence-corrected chi connectivity index (χ0v) is 41.6. The number of thiophene rings is 2. The number of benzene rings is 2. The number of nitrogens with zero attached hydrogens (tertiary/aromatic N) is 8. The summed E-state index contributed by atoms with van der Waals surface area (Å²) in [5, 5.41) is 0. The number of ketones is 1. The molecule has 2 aliphatic heterocycles. The van der Waals surface area contributed by atoms with Crippen LogP contribution in [0.3, 0.4) is 0 Å². The highest BCUT2D eigenvalue weighted by Crippen LogP contribution is 2.41. The van der Waals surface area contributed by atoms with Gasteiger partial charge in [0, 0.05) is 95.2 Å². The Balaban J connectivity index is 0.000000156. The fraction of sp³-hybridized carbons (Fsp3) is 0.340. The number of carbonyl (C=O) groups is 3. The Morgan fingerprint density at radius 3 is 1.62 bits per heavy atom. The van der Waals surface area contributed by atoms with Gasteiger partial charge in [-0.05, 0) is 86.4 Å². The molecule has 6 aromatic heterocycles. The third-order valence-corrected chi connectivity index (χ3v) is 15.3. The van der Waals surface area contributed by atoms with Gasteiger partial charge in [0.2, 0.25) is 11.8 Å². The fourth-order valence-electron chi connectivity index (χ4n) is 8.60. The molecule has 372 valence electrons. The Hall–Kier alpha value is -7.09. The second-order valence-electron chi connectivity index (χ2n) is 18.7. The first kappa shape index (κ1) is 48.5. The van der Waals surface area contributed by atoms with Gasteiger partial charge in [-0.2, -0.15) is 0 Å². The van der Waals surface area contributed by atoms with Crippen molar-refractivity contribution in [3.63, 3.8) is 0 Å². The summed E-state index contributed by atoms with van der Waals surface area (Å²) in [5.74, 6) is 2.83. The van der Waals surface area contributed by atoms with Crippen molar-refractivity contribution >= 4 is 66.4 Å². The summed E-state index contributed by atoms with van der Waals surface area (Å²) in [6, 6.07) is 17.0. The number of fused-ring (bicyclic) bond motifs is 2. The van der Waals surface area contributed by atoms with Crippen molar-refractivity contribution in [1.29, 1.82) is 0 Å². The molecule has 0 unspecified atom stereocenters. The molecule has 8 heterocycles. The van der Waals surface area contributed by atoms with Crippen molar-refractivity contribution in [1.82, 2.24) is 38.9 Å². The molecule has 4 fully saturated rings. The Kier molecular flexibility index (Phi) is 14.1. The lowest BCUT2D eigenvalue weighted by molar-refractivity contribution is -0.129. The molecule has 0 bridgehead atoms. The quantitative estimate of drug-likeness (QED) is 0.0986. The summed E-state index contributed by atoms with van der Waals surface area (Å²) < 4.78 is 46.5. The molecule has 2 aliphatic carbocycles. The van der Waals surface area contributed by atoms with Crippen molar-refractivity contribution in [2.45, 2.75) is 83.3 Å². The zero-order valence-electron chi connectivity index (χ0n) is 40.0. The van der Waals surface area contributed by atoms with E-state index in [1.807, 2.05) is 51.4 Å². The molecular formula is C53H54F2N10O5S2. The molecule has 0 atom stereocenters. The monoisotopic (exact) mass is 1010 g/mol. The first-order chi connectivity index (χ1) is 34.8. The zero-order chi connectivity index (χ0) is 50.0. The number of pyridine rings is 2. The number of ether oxygens (including phenoxy) is 2. The Morgan fingerprint density at radius 1 is 0.681 bits per heavy atom. The highest BCUT2D eigenvalue weighted by atomic mass is 32.1. The average molecular weight is 1010 g/mol. The van der Waals surface area contributed by atoms with Gasteiger partial charge in [-0.15, -0.1) is 22.7 Å². The maximum Gasteiger partial charge on any atom is 0.222 e. The highest BCUT2D eigenvalue weighted by molar-refractivity contribution is 7.22. The van der Waals surface area contributed by atoms with E-state index in [4.69, 9.17) is 20.9 Å². The third-order valence-electron chi connectivity index (χ3n) is 13.0. The topological polar surface area (TPSA) is 190 Å². The van der Waals surface area contributed by atoms with E-state index >= 15 is 0 Å². The van der Waals surface area contributed by atoms with E-state index in [2.05, 4.69) is 19.9 Å². The molecule has 4 aliphatic rings. The summed E-state index contributed by atoms with van der Waals surface area (Å²) in [5.41, 5.74) is 15.3. The van der Waals surface area contributed by atoms with Gasteiger partial charge in [0.15, 0.2) is 23.1 Å². The van der Waals surface area contributed by atoms with Crippen molar-refractivity contribution in [2.24, 2.45) is 25.7 Å².